The normalized spacial score (nSPS) is 12.2. The van der Waals surface area contributed by atoms with Crippen LogP contribution in [0.3, 0.4) is 0 Å². The van der Waals surface area contributed by atoms with Gasteiger partial charge in [-0.15, -0.1) is 0 Å². The number of hydrogen-bond donors (Lipinski definition) is 2. The van der Waals surface area contributed by atoms with Gasteiger partial charge in [0.05, 0.1) is 11.4 Å². The molecule has 0 atom stereocenters. The lowest BCUT2D eigenvalue weighted by Crippen LogP contribution is -2.14. The smallest absolute Gasteiger partial charge is 0.164 e. The first-order chi connectivity index (χ1) is 37.1. The van der Waals surface area contributed by atoms with Crippen LogP contribution in [0.1, 0.15) is 0 Å². The Hall–Kier alpha value is -10.1. The molecule has 354 valence electrons. The van der Waals surface area contributed by atoms with Gasteiger partial charge in [-0.25, -0.2) is 29.9 Å². The van der Waals surface area contributed by atoms with Crippen molar-refractivity contribution in [2.45, 2.75) is 9.79 Å². The minimum absolute atomic E-state index is 0.444. The van der Waals surface area contributed by atoms with Crippen LogP contribution in [0.2, 0.25) is 0 Å². The Labute approximate surface area is 432 Å². The minimum atomic E-state index is 0.444. The van der Waals surface area contributed by atoms with Crippen LogP contribution in [0.15, 0.2) is 222 Å². The van der Waals surface area contributed by atoms with Gasteiger partial charge in [0.1, 0.15) is 57.1 Å². The quantitative estimate of drug-likeness (QED) is 0.158. The number of aromatic amines is 2. The molecule has 0 fully saturated rings. The number of hydrogen-bond acceptors (Lipinski definition) is 11. The fourth-order valence-electron chi connectivity index (χ4n) is 9.91. The summed E-state index contributed by atoms with van der Waals surface area (Å²) >= 11 is 1.77. The van der Waals surface area contributed by atoms with Crippen LogP contribution in [-0.2, 0) is 0 Å². The van der Waals surface area contributed by atoms with Crippen LogP contribution in [0.5, 0.6) is 34.5 Å². The molecule has 15 rings (SSSR count). The molecule has 0 saturated carbocycles. The maximum atomic E-state index is 6.40. The fourth-order valence-corrected chi connectivity index (χ4v) is 11.0. The number of nitrogens with one attached hydrogen (secondary N) is 2. The Morgan fingerprint density at radius 3 is 1.19 bits per heavy atom. The molecule has 13 heteroatoms. The molecule has 0 radical (unpaired) electrons. The van der Waals surface area contributed by atoms with Gasteiger partial charge in [-0.2, -0.15) is 0 Å². The molecule has 0 unspecified atom stereocenters. The lowest BCUT2D eigenvalue weighted by Gasteiger charge is -2.32. The van der Waals surface area contributed by atoms with Gasteiger partial charge in [-0.3, -0.25) is 0 Å². The number of anilines is 3. The van der Waals surface area contributed by atoms with Crippen molar-refractivity contribution in [1.29, 1.82) is 0 Å². The molecule has 8 bridgehead atoms. The SMILES string of the molecule is c1ccc(Oc2ccc3c(c2)-c2nc-3nc3[nH]c(nc4nc(nc5[nH]c(n2)c2ccc(Oc6ccccc6)cc52)-c2ccc(Oc5ccccc5)cc2-4)c2ccc(N4c5ccccc5Sc5ccccc54)cc32)cc1. The van der Waals surface area contributed by atoms with E-state index in [1.54, 1.807) is 11.8 Å². The van der Waals surface area contributed by atoms with Crippen LogP contribution in [0.25, 0.3) is 89.7 Å². The fraction of sp³-hybridized carbons (Fsp3) is 0. The third kappa shape index (κ3) is 7.56. The van der Waals surface area contributed by atoms with Crippen LogP contribution in [-0.4, -0.2) is 39.9 Å². The second-order valence-corrected chi connectivity index (χ2v) is 19.2. The third-order valence-corrected chi connectivity index (χ3v) is 14.5. The van der Waals surface area contributed by atoms with Crippen molar-refractivity contribution in [3.05, 3.63) is 212 Å². The average molecular weight is 988 g/mol. The zero-order valence-corrected chi connectivity index (χ0v) is 40.3. The van der Waals surface area contributed by atoms with E-state index in [-0.39, 0.29) is 0 Å². The predicted molar refractivity (Wildman–Crippen MR) is 294 cm³/mol. The molecule has 0 aliphatic carbocycles. The molecule has 0 saturated heterocycles. The highest BCUT2D eigenvalue weighted by Crippen LogP contribution is 2.52. The molecule has 75 heavy (non-hydrogen) atoms. The second-order valence-electron chi connectivity index (χ2n) is 18.1. The van der Waals surface area contributed by atoms with Crippen LogP contribution >= 0.6 is 11.8 Å². The molecule has 12 aromatic rings. The van der Waals surface area contributed by atoms with Gasteiger partial charge >= 0.3 is 0 Å². The first-order valence-electron chi connectivity index (χ1n) is 24.3. The first kappa shape index (κ1) is 42.6. The first-order valence-corrected chi connectivity index (χ1v) is 25.1. The molecule has 0 amide bonds. The molecule has 12 nitrogen and oxygen atoms in total. The highest BCUT2D eigenvalue weighted by Gasteiger charge is 2.27. The molecule has 3 aromatic heterocycles. The van der Waals surface area contributed by atoms with Crippen LogP contribution in [0, 0.1) is 0 Å². The van der Waals surface area contributed by atoms with E-state index in [0.29, 0.717) is 80.4 Å². The topological polar surface area (TPSA) is 140 Å². The number of H-pyrrole nitrogens is 2. The Balaban J connectivity index is 1.01. The molecule has 3 aliphatic rings. The number of fused-ring (bicyclic) bond motifs is 22. The summed E-state index contributed by atoms with van der Waals surface area (Å²) in [5.41, 5.74) is 8.39. The monoisotopic (exact) mass is 987 g/mol. The largest absolute Gasteiger partial charge is 0.457 e. The van der Waals surface area contributed by atoms with Crippen molar-refractivity contribution >= 4 is 73.0 Å². The lowest BCUT2D eigenvalue weighted by molar-refractivity contribution is 0.482. The van der Waals surface area contributed by atoms with Crippen molar-refractivity contribution in [2.75, 3.05) is 4.90 Å². The van der Waals surface area contributed by atoms with Crippen molar-refractivity contribution in [2.24, 2.45) is 0 Å². The van der Waals surface area contributed by atoms with E-state index < -0.39 is 0 Å². The molecule has 9 aromatic carbocycles. The Bertz CT molecular complexity index is 4360. The van der Waals surface area contributed by atoms with Gasteiger partial charge in [0.2, 0.25) is 0 Å². The van der Waals surface area contributed by atoms with E-state index in [9.17, 15) is 0 Å². The van der Waals surface area contributed by atoms with E-state index in [2.05, 4.69) is 81.6 Å². The van der Waals surface area contributed by atoms with Crippen molar-refractivity contribution in [3.63, 3.8) is 0 Å². The van der Waals surface area contributed by atoms with Gasteiger partial charge in [0, 0.05) is 59.3 Å². The number of nitrogens with zero attached hydrogens (tertiary/aromatic N) is 7. The Morgan fingerprint density at radius 1 is 0.307 bits per heavy atom. The number of para-hydroxylation sites is 5. The zero-order chi connectivity index (χ0) is 49.4. The van der Waals surface area contributed by atoms with Crippen molar-refractivity contribution in [3.8, 4) is 80.0 Å². The Kier molecular flexibility index (Phi) is 9.81. The molecule has 6 heterocycles. The van der Waals surface area contributed by atoms with E-state index in [1.807, 2.05) is 146 Å². The predicted octanol–water partition coefficient (Wildman–Crippen LogP) is 16.2. The van der Waals surface area contributed by atoms with Gasteiger partial charge in [-0.05, 0) is 133 Å². The van der Waals surface area contributed by atoms with Crippen LogP contribution < -0.4 is 19.1 Å². The van der Waals surface area contributed by atoms with Crippen molar-refractivity contribution < 1.29 is 14.2 Å². The summed E-state index contributed by atoms with van der Waals surface area (Å²) < 4.78 is 19.2. The average Bonchev–Trinajstić information content (AvgIpc) is 4.20. The van der Waals surface area contributed by atoms with Gasteiger partial charge in [-0.1, -0.05) is 90.6 Å². The van der Waals surface area contributed by atoms with E-state index in [0.717, 1.165) is 70.7 Å². The number of benzene rings is 9. The zero-order valence-electron chi connectivity index (χ0n) is 39.5. The molecular formula is C62H37N9O3S. The molecular weight excluding hydrogens is 951 g/mol. The standard InChI is InChI=1S/C62H37N9O3S/c1-4-14-37(15-5-1)72-40-25-29-44-48(33-40)61-66-56(44)64-59-47-32-36(71-51-20-10-12-22-53(51)75-54-23-13-11-21-52(54)71)24-28-43(47)55(63-59)65-60-49-34-41(73-38-16-6-2-7-17-38)26-30-45(49)57(67-60)69-62-50-35-42(74-39-18-8-3-9-19-39)27-31-46(50)58(68-61)70-62/h1-35H,(H2,63,64,65,66,67,68,69,70). The summed E-state index contributed by atoms with van der Waals surface area (Å²) in [5, 5.41) is 3.25. The second kappa shape index (κ2) is 17.3. The number of aromatic nitrogens is 8. The van der Waals surface area contributed by atoms with E-state index in [1.165, 1.54) is 0 Å². The minimum Gasteiger partial charge on any atom is -0.457 e. The van der Waals surface area contributed by atoms with Gasteiger partial charge in [0.25, 0.3) is 0 Å². The van der Waals surface area contributed by atoms with Crippen molar-refractivity contribution in [1.82, 2.24) is 39.9 Å². The summed E-state index contributed by atoms with van der Waals surface area (Å²) in [6, 6.07) is 70.2. The highest BCUT2D eigenvalue weighted by atomic mass is 32.2. The maximum absolute atomic E-state index is 6.40. The number of rotatable bonds is 7. The molecule has 0 spiro atoms. The lowest BCUT2D eigenvalue weighted by atomic mass is 10.1. The highest BCUT2D eigenvalue weighted by molar-refractivity contribution is 7.99. The van der Waals surface area contributed by atoms with E-state index >= 15 is 0 Å². The number of ether oxygens (including phenoxy) is 3. The van der Waals surface area contributed by atoms with E-state index in [4.69, 9.17) is 44.1 Å². The third-order valence-electron chi connectivity index (χ3n) is 13.4. The summed E-state index contributed by atoms with van der Waals surface area (Å²) in [6.07, 6.45) is 0. The molecule has 3 aliphatic heterocycles. The van der Waals surface area contributed by atoms with Gasteiger partial charge < -0.3 is 29.1 Å². The maximum Gasteiger partial charge on any atom is 0.164 e. The summed E-state index contributed by atoms with van der Waals surface area (Å²) in [6.45, 7) is 0. The summed E-state index contributed by atoms with van der Waals surface area (Å²) in [5.74, 6) is 5.82. The van der Waals surface area contributed by atoms with Gasteiger partial charge in [0.15, 0.2) is 23.3 Å². The summed E-state index contributed by atoms with van der Waals surface area (Å²) in [7, 11) is 0. The summed E-state index contributed by atoms with van der Waals surface area (Å²) in [4.78, 5) is 43.7. The Morgan fingerprint density at radius 2 is 0.693 bits per heavy atom. The molecule has 2 N–H and O–H groups in total. The van der Waals surface area contributed by atoms with Crippen LogP contribution in [0.4, 0.5) is 17.1 Å².